The Balaban J connectivity index is 4.52. The molecule has 0 aliphatic rings. The van der Waals surface area contributed by atoms with Crippen LogP contribution in [0.1, 0.15) is 125 Å². The first-order valence-corrected chi connectivity index (χ1v) is 10.5. The third-order valence-corrected chi connectivity index (χ3v) is 4.79. The van der Waals surface area contributed by atoms with Crippen LogP contribution in [0.15, 0.2) is 0 Å². The zero-order valence-electron chi connectivity index (χ0n) is 22.2. The van der Waals surface area contributed by atoms with Gasteiger partial charge in [-0.1, -0.05) is 90.9 Å². The maximum atomic E-state index is 8.02. The molecule has 0 aliphatic carbocycles. The second-order valence-corrected chi connectivity index (χ2v) is 7.36. The van der Waals surface area contributed by atoms with Crippen molar-refractivity contribution < 1.29 is 12.7 Å². The fourth-order valence-corrected chi connectivity index (χ4v) is 3.14. The van der Waals surface area contributed by atoms with Crippen molar-refractivity contribution >= 4 is 0 Å². The predicted octanol–water partition coefficient (Wildman–Crippen LogP) is 7.34. The lowest BCUT2D eigenvalue weighted by molar-refractivity contribution is -0.890. The zero-order valence-corrected chi connectivity index (χ0v) is 16.2. The molecule has 0 heterocycles. The van der Waals surface area contributed by atoms with E-state index in [0.29, 0.717) is 12.8 Å². The largest absolute Gasteiger partial charge is 0.328 e. The number of nitrogens with zero attached hydrogens (tertiary/aromatic N) is 1. The smallest absolute Gasteiger partial charge is 0.0886 e. The molecule has 23 heavy (non-hydrogen) atoms. The summed E-state index contributed by atoms with van der Waals surface area (Å²) in [7, 11) is 0. The first kappa shape index (κ1) is 14.2. The fourth-order valence-electron chi connectivity index (χ4n) is 3.14. The highest BCUT2D eigenvalue weighted by Crippen LogP contribution is 2.13. The molecule has 0 aromatic heterocycles. The van der Waals surface area contributed by atoms with E-state index in [1.165, 1.54) is 64.2 Å². The second-order valence-electron chi connectivity index (χ2n) is 7.36. The van der Waals surface area contributed by atoms with Gasteiger partial charge in [0.1, 0.15) is 0 Å². The molecule has 0 fully saturated rings. The van der Waals surface area contributed by atoms with Crippen LogP contribution < -0.4 is 0 Å². The molecule has 0 saturated carbocycles. The summed E-state index contributed by atoms with van der Waals surface area (Å²) in [6.45, 7) is -0.112. The maximum Gasteiger partial charge on any atom is 0.0886 e. The number of hydrogen-bond donors (Lipinski definition) is 0. The van der Waals surface area contributed by atoms with Crippen molar-refractivity contribution in [2.75, 3.05) is 27.0 Å². The molecule has 1 nitrogen and oxygen atoms in total. The van der Waals surface area contributed by atoms with E-state index in [-0.39, 0.29) is 13.1 Å². The molecule has 0 aliphatic heterocycles. The van der Waals surface area contributed by atoms with E-state index in [1.807, 2.05) is 0 Å². The topological polar surface area (TPSA) is 0 Å². The predicted molar refractivity (Wildman–Crippen MR) is 107 cm³/mol. The molecule has 0 aromatic rings. The number of hydrogen-bond acceptors (Lipinski definition) is 0. The van der Waals surface area contributed by atoms with E-state index in [9.17, 15) is 0 Å². The summed E-state index contributed by atoms with van der Waals surface area (Å²) in [5.74, 6) is 0. The highest BCUT2D eigenvalue weighted by Gasteiger charge is 2.13. The van der Waals surface area contributed by atoms with Gasteiger partial charge in [0.2, 0.25) is 0 Å². The van der Waals surface area contributed by atoms with Gasteiger partial charge in [-0.2, -0.15) is 0 Å². The molecule has 0 atom stereocenters. The van der Waals surface area contributed by atoms with Gasteiger partial charge in [0.25, 0.3) is 0 Å². The van der Waals surface area contributed by atoms with Crippen molar-refractivity contribution in [1.82, 2.24) is 0 Å². The Labute approximate surface area is 157 Å². The Kier molecular flexibility index (Phi) is 10.3. The highest BCUT2D eigenvalue weighted by atomic mass is 15.3. The molecule has 0 radical (unpaired) electrons. The standard InChI is InChI=1S/C22H48N/c1-5-7-9-11-13-15-17-19-21-23(3,4)22-20-18-16-14-12-10-8-6-2/h5-22H2,1-4H3/q+1/i3D3,4D3. The van der Waals surface area contributed by atoms with Crippen LogP contribution in [0.3, 0.4) is 0 Å². The maximum absolute atomic E-state index is 8.02. The van der Waals surface area contributed by atoms with Crippen molar-refractivity contribution in [2.45, 2.75) is 117 Å². The molecule has 140 valence electrons. The monoisotopic (exact) mass is 332 g/mol. The van der Waals surface area contributed by atoms with Crippen LogP contribution in [-0.4, -0.2) is 31.5 Å². The van der Waals surface area contributed by atoms with Crippen molar-refractivity contribution in [2.24, 2.45) is 0 Å². The molecule has 1 heteroatoms. The second kappa shape index (κ2) is 16.8. The zero-order chi connectivity index (χ0) is 22.2. The molecule has 0 rings (SSSR count). The van der Waals surface area contributed by atoms with Crippen LogP contribution in [-0.2, 0) is 0 Å². The summed E-state index contributed by atoms with van der Waals surface area (Å²) >= 11 is 0. The summed E-state index contributed by atoms with van der Waals surface area (Å²) in [5.41, 5.74) is 0. The van der Waals surface area contributed by atoms with Gasteiger partial charge >= 0.3 is 0 Å². The Bertz CT molecular complexity index is 342. The summed E-state index contributed by atoms with van der Waals surface area (Å²) in [5, 5.41) is 0. The Morgan fingerprint density at radius 1 is 0.478 bits per heavy atom. The van der Waals surface area contributed by atoms with E-state index in [0.717, 1.165) is 25.7 Å². The third kappa shape index (κ3) is 18.1. The first-order chi connectivity index (χ1) is 13.6. The van der Waals surface area contributed by atoms with Gasteiger partial charge in [-0.3, -0.25) is 0 Å². The van der Waals surface area contributed by atoms with Crippen LogP contribution in [0.2, 0.25) is 0 Å². The minimum atomic E-state index is -2.49. The summed E-state index contributed by atoms with van der Waals surface area (Å²) in [6.07, 6.45) is 17.7. The van der Waals surface area contributed by atoms with Crippen LogP contribution in [0.5, 0.6) is 0 Å². The van der Waals surface area contributed by atoms with Crippen molar-refractivity contribution in [3.63, 3.8) is 0 Å². The van der Waals surface area contributed by atoms with Crippen LogP contribution >= 0.6 is 0 Å². The lowest BCUT2D eigenvalue weighted by Crippen LogP contribution is -2.41. The number of quaternary nitrogens is 1. The van der Waals surface area contributed by atoms with Gasteiger partial charge in [0.15, 0.2) is 0 Å². The number of rotatable bonds is 18. The van der Waals surface area contributed by atoms with E-state index < -0.39 is 18.4 Å². The van der Waals surface area contributed by atoms with Gasteiger partial charge in [0, 0.05) is 0 Å². The third-order valence-electron chi connectivity index (χ3n) is 4.79. The fraction of sp³-hybridized carbons (Fsp3) is 1.00. The van der Waals surface area contributed by atoms with Crippen LogP contribution in [0.25, 0.3) is 0 Å². The molecule has 0 aromatic carbocycles. The Hall–Kier alpha value is -0.0400. The molecular formula is C22H48N+. The van der Waals surface area contributed by atoms with Crippen molar-refractivity contribution in [1.29, 1.82) is 0 Å². The number of unbranched alkanes of at least 4 members (excludes halogenated alkanes) is 14. The van der Waals surface area contributed by atoms with Gasteiger partial charge in [-0.05, 0) is 25.7 Å². The molecule has 0 N–H and O–H groups in total. The highest BCUT2D eigenvalue weighted by molar-refractivity contribution is 4.48. The Morgan fingerprint density at radius 3 is 1.09 bits per heavy atom. The average molecular weight is 333 g/mol. The summed E-state index contributed by atoms with van der Waals surface area (Å²) in [4.78, 5) is 0. The first-order valence-electron chi connectivity index (χ1n) is 13.5. The molecule has 0 spiro atoms. The minimum absolute atomic E-state index is 0.235. The Morgan fingerprint density at radius 2 is 0.783 bits per heavy atom. The van der Waals surface area contributed by atoms with E-state index in [2.05, 4.69) is 13.8 Å². The summed E-state index contributed by atoms with van der Waals surface area (Å²) < 4.78 is 47.4. The van der Waals surface area contributed by atoms with Crippen molar-refractivity contribution in [3.8, 4) is 0 Å². The molecule has 0 bridgehead atoms. The molecule has 0 unspecified atom stereocenters. The molecule has 0 amide bonds. The molecular weight excluding hydrogens is 278 g/mol. The lowest BCUT2D eigenvalue weighted by Gasteiger charge is -2.30. The minimum Gasteiger partial charge on any atom is -0.328 e. The van der Waals surface area contributed by atoms with E-state index >= 15 is 0 Å². The van der Waals surface area contributed by atoms with Crippen molar-refractivity contribution in [3.05, 3.63) is 0 Å². The van der Waals surface area contributed by atoms with Crippen LogP contribution in [0.4, 0.5) is 0 Å². The quantitative estimate of drug-likeness (QED) is 0.182. The summed E-state index contributed by atoms with van der Waals surface area (Å²) in [6, 6.07) is 0. The van der Waals surface area contributed by atoms with Crippen LogP contribution in [0, 0.1) is 0 Å². The van der Waals surface area contributed by atoms with E-state index in [1.54, 1.807) is 0 Å². The van der Waals surface area contributed by atoms with Gasteiger partial charge < -0.3 is 4.48 Å². The SMILES string of the molecule is [2H]C([2H])([2H])[N+](CCCCCCCCCC)(CCCCCCCCCC)C([2H])([2H])[2H]. The van der Waals surface area contributed by atoms with E-state index in [4.69, 9.17) is 8.22 Å². The average Bonchev–Trinajstić information content (AvgIpc) is 2.62. The van der Waals surface area contributed by atoms with Gasteiger partial charge in [0.05, 0.1) is 35.3 Å². The lowest BCUT2D eigenvalue weighted by atomic mass is 10.1. The molecule has 0 saturated heterocycles. The van der Waals surface area contributed by atoms with Gasteiger partial charge in [-0.25, -0.2) is 0 Å². The van der Waals surface area contributed by atoms with Gasteiger partial charge in [-0.15, -0.1) is 0 Å². The normalized spacial score (nSPS) is 17.0.